The zero-order valence-electron chi connectivity index (χ0n) is 19.8. The summed E-state index contributed by atoms with van der Waals surface area (Å²) in [7, 11) is 0. The number of carbonyl (C=O) groups excluding carboxylic acids is 1. The SMILES string of the molecule is O=C(NS/N=C/c1ccc2c(ccc3c2ncn3-c2ccc(OC(F)(F)F)cc2)c1)Nc1c(Cl)cc(Cl)cc1Cl. The van der Waals surface area contributed by atoms with E-state index >= 15 is 0 Å². The van der Waals surface area contributed by atoms with Crippen molar-refractivity contribution in [1.82, 2.24) is 14.3 Å². The number of nitrogens with one attached hydrogen (secondary N) is 2. The predicted octanol–water partition coefficient (Wildman–Crippen LogP) is 8.84. The molecule has 0 unspecified atom stereocenters. The van der Waals surface area contributed by atoms with Crippen LogP contribution in [0.2, 0.25) is 15.1 Å². The van der Waals surface area contributed by atoms with Gasteiger partial charge in [-0.05, 0) is 59.5 Å². The standard InChI is InChI=1S/C26H15Cl3F3N5O2S/c27-16-10-20(28)24(21(29)11-16)35-25(38)36-40-34-12-14-1-7-19-15(9-14)2-8-22-23(19)33-13-37(22)17-3-5-18(6-4-17)39-26(30,31)32/h1-13H,(H2,35,36,38)/b34-12+. The van der Waals surface area contributed by atoms with E-state index in [1.165, 1.54) is 36.4 Å². The molecule has 0 spiro atoms. The quantitative estimate of drug-likeness (QED) is 0.146. The number of rotatable bonds is 6. The van der Waals surface area contributed by atoms with E-state index in [-0.39, 0.29) is 21.5 Å². The van der Waals surface area contributed by atoms with Crippen molar-refractivity contribution in [3.05, 3.63) is 93.7 Å². The summed E-state index contributed by atoms with van der Waals surface area (Å²) in [5, 5.41) is 5.07. The lowest BCUT2D eigenvalue weighted by atomic mass is 10.1. The molecule has 5 aromatic rings. The third-order valence-corrected chi connectivity index (χ3v) is 6.84. The number of hydrogen-bond donors (Lipinski definition) is 2. The Hall–Kier alpha value is -3.64. The van der Waals surface area contributed by atoms with Crippen LogP contribution in [0, 0.1) is 0 Å². The van der Waals surface area contributed by atoms with E-state index in [1.54, 1.807) is 17.1 Å². The van der Waals surface area contributed by atoms with Crippen molar-refractivity contribution in [3.63, 3.8) is 0 Å². The first-order valence-corrected chi connectivity index (χ1v) is 13.1. The van der Waals surface area contributed by atoms with Crippen LogP contribution in [0.15, 0.2) is 77.5 Å². The summed E-state index contributed by atoms with van der Waals surface area (Å²) < 4.78 is 49.7. The van der Waals surface area contributed by atoms with Crippen LogP contribution in [0.25, 0.3) is 27.5 Å². The van der Waals surface area contributed by atoms with Gasteiger partial charge in [-0.1, -0.05) is 53.0 Å². The molecule has 1 aromatic heterocycles. The molecular weight excluding hydrogens is 610 g/mol. The number of halogens is 6. The van der Waals surface area contributed by atoms with Gasteiger partial charge in [-0.3, -0.25) is 9.29 Å². The van der Waals surface area contributed by atoms with Crippen molar-refractivity contribution in [2.75, 3.05) is 5.32 Å². The number of nitrogens with zero attached hydrogens (tertiary/aromatic N) is 3. The zero-order valence-corrected chi connectivity index (χ0v) is 22.9. The summed E-state index contributed by atoms with van der Waals surface area (Å²) >= 11 is 18.8. The number of benzene rings is 4. The minimum atomic E-state index is -4.75. The second kappa shape index (κ2) is 11.5. The van der Waals surface area contributed by atoms with E-state index in [4.69, 9.17) is 34.8 Å². The molecule has 7 nitrogen and oxygen atoms in total. The Balaban J connectivity index is 1.26. The molecule has 0 aliphatic rings. The molecule has 40 heavy (non-hydrogen) atoms. The number of aromatic nitrogens is 2. The molecule has 0 saturated heterocycles. The average molecular weight is 625 g/mol. The van der Waals surface area contributed by atoms with E-state index in [0.717, 1.165) is 39.5 Å². The van der Waals surface area contributed by atoms with E-state index in [9.17, 15) is 18.0 Å². The molecular formula is C26H15Cl3F3N5O2S. The maximum Gasteiger partial charge on any atom is 0.573 e. The molecule has 0 saturated carbocycles. The predicted molar refractivity (Wildman–Crippen MR) is 154 cm³/mol. The first-order chi connectivity index (χ1) is 19.1. The molecule has 2 N–H and O–H groups in total. The minimum Gasteiger partial charge on any atom is -0.406 e. The van der Waals surface area contributed by atoms with E-state index in [2.05, 4.69) is 24.2 Å². The van der Waals surface area contributed by atoms with E-state index < -0.39 is 12.4 Å². The Kier molecular flexibility index (Phi) is 7.99. The van der Waals surface area contributed by atoms with Gasteiger partial charge in [0.1, 0.15) is 12.1 Å². The fraction of sp³-hybridized carbons (Fsp3) is 0.0385. The summed E-state index contributed by atoms with van der Waals surface area (Å²) in [4.78, 5) is 16.7. The summed E-state index contributed by atoms with van der Waals surface area (Å²) in [5.41, 5.74) is 3.15. The minimum absolute atomic E-state index is 0.199. The third-order valence-electron chi connectivity index (χ3n) is 5.54. The molecule has 2 amide bonds. The topological polar surface area (TPSA) is 80.5 Å². The molecule has 0 fully saturated rings. The summed E-state index contributed by atoms with van der Waals surface area (Å²) in [6, 6.07) is 17.3. The lowest BCUT2D eigenvalue weighted by Gasteiger charge is -2.10. The van der Waals surface area contributed by atoms with Crippen LogP contribution >= 0.6 is 46.9 Å². The molecule has 0 bridgehead atoms. The van der Waals surface area contributed by atoms with Crippen LogP contribution < -0.4 is 14.8 Å². The fourth-order valence-corrected chi connectivity index (χ4v) is 5.15. The number of ether oxygens (including phenoxy) is 1. The smallest absolute Gasteiger partial charge is 0.406 e. The van der Waals surface area contributed by atoms with E-state index in [0.29, 0.717) is 10.7 Å². The fourth-order valence-electron chi connectivity index (χ4n) is 3.88. The first kappa shape index (κ1) is 27.9. The highest BCUT2D eigenvalue weighted by Gasteiger charge is 2.31. The van der Waals surface area contributed by atoms with E-state index in [1.807, 2.05) is 30.3 Å². The van der Waals surface area contributed by atoms with Crippen molar-refractivity contribution in [2.24, 2.45) is 4.40 Å². The summed E-state index contributed by atoms with van der Waals surface area (Å²) in [5.74, 6) is -0.301. The molecule has 0 atom stereocenters. The largest absolute Gasteiger partial charge is 0.573 e. The van der Waals surface area contributed by atoms with Gasteiger partial charge in [0.25, 0.3) is 0 Å². The van der Waals surface area contributed by atoms with Gasteiger partial charge < -0.3 is 10.1 Å². The van der Waals surface area contributed by atoms with Crippen molar-refractivity contribution >= 4 is 86.7 Å². The van der Waals surface area contributed by atoms with Gasteiger partial charge in [0.15, 0.2) is 0 Å². The van der Waals surface area contributed by atoms with Gasteiger partial charge in [0.05, 0.1) is 38.9 Å². The number of anilines is 1. The molecule has 1 heterocycles. The molecule has 0 aliphatic carbocycles. The third kappa shape index (κ3) is 6.39. The monoisotopic (exact) mass is 623 g/mol. The van der Waals surface area contributed by atoms with Crippen molar-refractivity contribution in [2.45, 2.75) is 6.36 Å². The number of alkyl halides is 3. The van der Waals surface area contributed by atoms with Crippen LogP contribution in [-0.4, -0.2) is 28.2 Å². The Bertz CT molecular complexity index is 1740. The van der Waals surface area contributed by atoms with Crippen LogP contribution in [-0.2, 0) is 0 Å². The number of hydrogen-bond acceptors (Lipinski definition) is 5. The molecule has 0 radical (unpaired) electrons. The first-order valence-electron chi connectivity index (χ1n) is 11.2. The van der Waals surface area contributed by atoms with Crippen molar-refractivity contribution in [1.29, 1.82) is 0 Å². The Labute approximate surface area is 244 Å². The van der Waals surface area contributed by atoms with Crippen LogP contribution in [0.4, 0.5) is 23.7 Å². The Morgan fingerprint density at radius 2 is 1.73 bits per heavy atom. The van der Waals surface area contributed by atoms with Crippen LogP contribution in [0.1, 0.15) is 5.56 Å². The second-order valence-electron chi connectivity index (χ2n) is 8.20. The number of amides is 2. The number of carbonyl (C=O) groups is 1. The number of urea groups is 1. The van der Waals surface area contributed by atoms with Gasteiger partial charge in [-0.25, -0.2) is 14.2 Å². The molecule has 0 aliphatic heterocycles. The Morgan fingerprint density at radius 3 is 2.42 bits per heavy atom. The highest BCUT2D eigenvalue weighted by Crippen LogP contribution is 2.34. The highest BCUT2D eigenvalue weighted by atomic mass is 35.5. The van der Waals surface area contributed by atoms with Gasteiger partial charge in [0.2, 0.25) is 0 Å². The van der Waals surface area contributed by atoms with Gasteiger partial charge >= 0.3 is 12.4 Å². The van der Waals surface area contributed by atoms with Crippen molar-refractivity contribution in [3.8, 4) is 11.4 Å². The summed E-state index contributed by atoms with van der Waals surface area (Å²) in [6.07, 6.45) is -1.56. The van der Waals surface area contributed by atoms with Gasteiger partial charge in [0, 0.05) is 22.3 Å². The average Bonchev–Trinajstić information content (AvgIpc) is 3.33. The molecule has 5 rings (SSSR count). The van der Waals surface area contributed by atoms with Gasteiger partial charge in [-0.2, -0.15) is 0 Å². The molecule has 4 aromatic carbocycles. The second-order valence-corrected chi connectivity index (χ2v) is 10.0. The maximum absolute atomic E-state index is 12.4. The Morgan fingerprint density at radius 1 is 1.00 bits per heavy atom. The number of imidazole rings is 1. The maximum atomic E-state index is 12.4. The lowest BCUT2D eigenvalue weighted by Crippen LogP contribution is -2.22. The summed E-state index contributed by atoms with van der Waals surface area (Å²) in [6.45, 7) is 0. The van der Waals surface area contributed by atoms with Crippen molar-refractivity contribution < 1.29 is 22.7 Å². The molecule has 204 valence electrons. The molecule has 14 heteroatoms. The lowest BCUT2D eigenvalue weighted by molar-refractivity contribution is -0.274. The van der Waals surface area contributed by atoms with Gasteiger partial charge in [-0.15, -0.1) is 13.2 Å². The zero-order chi connectivity index (χ0) is 28.4. The van der Waals surface area contributed by atoms with Crippen LogP contribution in [0.3, 0.4) is 0 Å². The number of fused-ring (bicyclic) bond motifs is 3. The normalized spacial score (nSPS) is 11.8. The highest BCUT2D eigenvalue weighted by molar-refractivity contribution is 7.96. The van der Waals surface area contributed by atoms with Crippen LogP contribution in [0.5, 0.6) is 5.75 Å².